The predicted octanol–water partition coefficient (Wildman–Crippen LogP) is 3.22. The van der Waals surface area contributed by atoms with Gasteiger partial charge in [0.15, 0.2) is 0 Å². The highest BCUT2D eigenvalue weighted by molar-refractivity contribution is 7.58. The molecule has 0 saturated heterocycles. The van der Waals surface area contributed by atoms with E-state index in [9.17, 15) is 13.8 Å². The molecule has 0 amide bonds. The Labute approximate surface area is 103 Å². The van der Waals surface area contributed by atoms with Crippen molar-refractivity contribution in [2.24, 2.45) is 0 Å². The summed E-state index contributed by atoms with van der Waals surface area (Å²) < 4.78 is 34.7. The number of ketones is 1. The van der Waals surface area contributed by atoms with Crippen LogP contribution in [0.1, 0.15) is 10.4 Å². The fourth-order valence-corrected chi connectivity index (χ4v) is 2.70. The van der Waals surface area contributed by atoms with Crippen LogP contribution in [0.15, 0.2) is 30.3 Å². The van der Waals surface area contributed by atoms with E-state index in [0.29, 0.717) is 0 Å². The lowest BCUT2D eigenvalue weighted by Gasteiger charge is -2.23. The van der Waals surface area contributed by atoms with E-state index in [1.54, 1.807) is 6.07 Å². The molecule has 1 atom stereocenters. The van der Waals surface area contributed by atoms with Crippen molar-refractivity contribution in [3.8, 4) is 0 Å². The van der Waals surface area contributed by atoms with Gasteiger partial charge < -0.3 is 9.05 Å². The quantitative estimate of drug-likeness (QED) is 0.472. The second-order valence-corrected chi connectivity index (χ2v) is 6.22. The van der Waals surface area contributed by atoms with E-state index in [4.69, 9.17) is 11.6 Å². The van der Waals surface area contributed by atoms with Crippen LogP contribution in [0.5, 0.6) is 0 Å². The Morgan fingerprint density at radius 1 is 1.29 bits per heavy atom. The van der Waals surface area contributed by atoms with E-state index >= 15 is 0 Å². The number of benzene rings is 1. The van der Waals surface area contributed by atoms with E-state index in [-0.39, 0.29) is 5.56 Å². The molecule has 0 aliphatic carbocycles. The second-order valence-electron chi connectivity index (χ2n) is 3.10. The van der Waals surface area contributed by atoms with Crippen LogP contribution >= 0.6 is 19.2 Å². The monoisotopic (exact) mass is 280 g/mol. The van der Waals surface area contributed by atoms with E-state index in [1.807, 2.05) is 0 Å². The summed E-state index contributed by atoms with van der Waals surface area (Å²) in [7, 11) is -2.44. The molecule has 0 saturated carbocycles. The van der Waals surface area contributed by atoms with Gasteiger partial charge in [0.1, 0.15) is 0 Å². The Hall–Kier alpha value is -0.740. The third-order valence-corrected chi connectivity index (χ3v) is 4.78. The third-order valence-electron chi connectivity index (χ3n) is 2.13. The fraction of sp³-hybridized carbons (Fsp3) is 0.300. The van der Waals surface area contributed by atoms with Gasteiger partial charge in [0.25, 0.3) is 0 Å². The first kappa shape index (κ1) is 14.3. The molecular weight excluding hydrogens is 270 g/mol. The Bertz CT molecular complexity index is 441. The molecule has 0 heterocycles. The number of carbonyl (C=O) groups is 1. The molecule has 1 aromatic carbocycles. The first-order valence-electron chi connectivity index (χ1n) is 4.58. The fourth-order valence-electron chi connectivity index (χ4n) is 1.19. The molecule has 0 aliphatic heterocycles. The zero-order valence-corrected chi connectivity index (χ0v) is 10.9. The minimum atomic E-state index is -4.36. The summed E-state index contributed by atoms with van der Waals surface area (Å²) in [6.45, 7) is 0. The Balaban J connectivity index is 3.15. The van der Waals surface area contributed by atoms with Crippen LogP contribution in [0.4, 0.5) is 4.39 Å². The predicted molar refractivity (Wildman–Crippen MR) is 62.1 cm³/mol. The molecule has 7 heteroatoms. The Morgan fingerprint density at radius 3 is 2.18 bits per heavy atom. The molecule has 0 fully saturated rings. The number of hydrogen-bond donors (Lipinski definition) is 0. The van der Waals surface area contributed by atoms with Gasteiger partial charge in [0.05, 0.1) is 0 Å². The summed E-state index contributed by atoms with van der Waals surface area (Å²) in [6, 6.07) is 7.43. The summed E-state index contributed by atoms with van der Waals surface area (Å²) in [5.74, 6) is -1.16. The molecule has 0 spiro atoms. The molecule has 4 nitrogen and oxygen atoms in total. The molecule has 94 valence electrons. The Kier molecular flexibility index (Phi) is 4.44. The summed E-state index contributed by atoms with van der Waals surface area (Å²) >= 11 is 5.40. The highest BCUT2D eigenvalue weighted by atomic mass is 35.5. The number of carbonyl (C=O) groups excluding carboxylic acids is 1. The SMILES string of the molecule is COP(=O)(OC)[C@@](F)(Cl)C(=O)c1ccccc1. The van der Waals surface area contributed by atoms with Gasteiger partial charge in [-0.25, -0.2) is 4.39 Å². The van der Waals surface area contributed by atoms with Gasteiger partial charge >= 0.3 is 12.5 Å². The molecule has 0 bridgehead atoms. The summed E-state index contributed by atoms with van der Waals surface area (Å²) in [5.41, 5.74) is -0.0145. The highest BCUT2D eigenvalue weighted by Crippen LogP contribution is 2.63. The van der Waals surface area contributed by atoms with Gasteiger partial charge in [-0.2, -0.15) is 0 Å². The van der Waals surface area contributed by atoms with Gasteiger partial charge in [-0.1, -0.05) is 41.9 Å². The number of rotatable bonds is 5. The van der Waals surface area contributed by atoms with E-state index in [2.05, 4.69) is 9.05 Å². The molecule has 0 aromatic heterocycles. The first-order valence-corrected chi connectivity index (χ1v) is 6.50. The molecule has 17 heavy (non-hydrogen) atoms. The maximum absolute atomic E-state index is 14.1. The average Bonchev–Trinajstić information content (AvgIpc) is 2.37. The molecule has 1 rings (SSSR count). The number of alkyl halides is 2. The number of halogens is 2. The smallest absolute Gasteiger partial charge is 0.308 e. The molecule has 0 aliphatic rings. The van der Waals surface area contributed by atoms with E-state index in [0.717, 1.165) is 14.2 Å². The number of Topliss-reactive ketones (excluding diaryl/α,β-unsaturated/α-hetero) is 1. The molecular formula is C10H11ClFO4P. The van der Waals surface area contributed by atoms with Crippen LogP contribution in [0.3, 0.4) is 0 Å². The van der Waals surface area contributed by atoms with Crippen molar-refractivity contribution in [3.05, 3.63) is 35.9 Å². The van der Waals surface area contributed by atoms with Crippen LogP contribution in [0.25, 0.3) is 0 Å². The van der Waals surface area contributed by atoms with Crippen LogP contribution in [-0.2, 0) is 13.6 Å². The van der Waals surface area contributed by atoms with Gasteiger partial charge in [0, 0.05) is 19.8 Å². The van der Waals surface area contributed by atoms with Crippen molar-refractivity contribution < 1.29 is 22.8 Å². The van der Waals surface area contributed by atoms with Crippen LogP contribution in [0, 0.1) is 0 Å². The minimum Gasteiger partial charge on any atom is -0.308 e. The van der Waals surface area contributed by atoms with Crippen molar-refractivity contribution in [2.75, 3.05) is 14.2 Å². The van der Waals surface area contributed by atoms with Crippen LogP contribution < -0.4 is 0 Å². The van der Waals surface area contributed by atoms with Crippen molar-refractivity contribution >= 4 is 25.0 Å². The van der Waals surface area contributed by atoms with Gasteiger partial charge in [-0.15, -0.1) is 0 Å². The van der Waals surface area contributed by atoms with Gasteiger partial charge in [0.2, 0.25) is 5.78 Å². The second kappa shape index (κ2) is 5.27. The standard InChI is InChI=1S/C10H11ClFO4P/c1-15-17(14,16-2)10(11,12)9(13)8-6-4-3-5-7-8/h3-7H,1-2H3/t10-/m1/s1. The largest absolute Gasteiger partial charge is 0.390 e. The maximum atomic E-state index is 14.1. The third kappa shape index (κ3) is 2.58. The van der Waals surface area contributed by atoms with Gasteiger partial charge in [-0.05, 0) is 0 Å². The van der Waals surface area contributed by atoms with Crippen molar-refractivity contribution in [1.29, 1.82) is 0 Å². The zero-order valence-electron chi connectivity index (χ0n) is 9.22. The summed E-state index contributed by atoms with van der Waals surface area (Å²) in [4.78, 5) is 8.55. The normalized spacial score (nSPS) is 15.3. The van der Waals surface area contributed by atoms with Crippen molar-refractivity contribution in [3.63, 3.8) is 0 Å². The first-order chi connectivity index (χ1) is 7.89. The summed E-state index contributed by atoms with van der Waals surface area (Å²) in [5, 5.41) is 0. The lowest BCUT2D eigenvalue weighted by Crippen LogP contribution is -2.28. The lowest BCUT2D eigenvalue weighted by atomic mass is 10.1. The molecule has 1 aromatic rings. The topological polar surface area (TPSA) is 52.6 Å². The Morgan fingerprint density at radius 2 is 1.76 bits per heavy atom. The zero-order chi connectivity index (χ0) is 13.1. The minimum absolute atomic E-state index is 0.0145. The molecule has 0 radical (unpaired) electrons. The number of hydrogen-bond acceptors (Lipinski definition) is 4. The van der Waals surface area contributed by atoms with Crippen molar-refractivity contribution in [1.82, 2.24) is 0 Å². The highest BCUT2D eigenvalue weighted by Gasteiger charge is 2.56. The average molecular weight is 281 g/mol. The molecule has 0 N–H and O–H groups in total. The lowest BCUT2D eigenvalue weighted by molar-refractivity contribution is 0.0868. The van der Waals surface area contributed by atoms with Crippen LogP contribution in [0.2, 0.25) is 0 Å². The summed E-state index contributed by atoms with van der Waals surface area (Å²) in [6.07, 6.45) is 0. The van der Waals surface area contributed by atoms with Crippen molar-refractivity contribution in [2.45, 2.75) is 4.87 Å². The maximum Gasteiger partial charge on any atom is 0.390 e. The van der Waals surface area contributed by atoms with E-state index < -0.39 is 18.2 Å². The molecule has 0 unspecified atom stereocenters. The van der Waals surface area contributed by atoms with E-state index in [1.165, 1.54) is 24.3 Å². The van der Waals surface area contributed by atoms with Gasteiger partial charge in [-0.3, -0.25) is 9.36 Å². The van der Waals surface area contributed by atoms with Crippen LogP contribution in [-0.4, -0.2) is 24.9 Å².